The second-order valence-corrected chi connectivity index (χ2v) is 5.87. The predicted molar refractivity (Wildman–Crippen MR) is 90.4 cm³/mol. The first-order valence-electron chi connectivity index (χ1n) is 7.02. The Labute approximate surface area is 143 Å². The van der Waals surface area contributed by atoms with E-state index in [4.69, 9.17) is 10.2 Å². The highest BCUT2D eigenvalue weighted by Crippen LogP contribution is 2.29. The molecule has 0 saturated heterocycles. The summed E-state index contributed by atoms with van der Waals surface area (Å²) in [6, 6.07) is 9.54. The minimum atomic E-state index is -0.390. The maximum absolute atomic E-state index is 12.5. The number of hydrogen-bond acceptors (Lipinski definition) is 6. The van der Waals surface area contributed by atoms with Crippen LogP contribution in [0.25, 0.3) is 16.9 Å². The molecule has 3 aromatic heterocycles. The number of nitrogen functional groups attached to an aromatic ring is 1. The van der Waals surface area contributed by atoms with E-state index >= 15 is 0 Å². The molecule has 1 aromatic carbocycles. The largest absolute Gasteiger partial charge is 0.451 e. The molecular formula is C15H11BrN6O2. The van der Waals surface area contributed by atoms with Crippen LogP contribution in [0.3, 0.4) is 0 Å². The predicted octanol–water partition coefficient (Wildman–Crippen LogP) is 1.94. The quantitative estimate of drug-likeness (QED) is 0.576. The minimum Gasteiger partial charge on any atom is -0.451 e. The van der Waals surface area contributed by atoms with E-state index < -0.39 is 5.69 Å². The van der Waals surface area contributed by atoms with E-state index in [0.717, 1.165) is 5.56 Å². The van der Waals surface area contributed by atoms with Crippen LogP contribution in [0.4, 0.5) is 5.95 Å². The molecule has 0 aliphatic carbocycles. The number of rotatable bonds is 3. The van der Waals surface area contributed by atoms with Crippen LogP contribution in [-0.4, -0.2) is 24.1 Å². The molecule has 0 aliphatic heterocycles. The van der Waals surface area contributed by atoms with Crippen molar-refractivity contribution in [2.75, 3.05) is 5.73 Å². The summed E-state index contributed by atoms with van der Waals surface area (Å²) in [7, 11) is 0. The van der Waals surface area contributed by atoms with Gasteiger partial charge in [-0.05, 0) is 15.9 Å². The summed E-state index contributed by atoms with van der Waals surface area (Å²) in [6.07, 6.45) is 2.76. The number of aromatic nitrogens is 5. The highest BCUT2D eigenvalue weighted by molar-refractivity contribution is 9.10. The number of fused-ring (bicyclic) bond motifs is 1. The molecule has 8 nitrogen and oxygen atoms in total. The molecule has 120 valence electrons. The lowest BCUT2D eigenvalue weighted by Crippen LogP contribution is -2.23. The van der Waals surface area contributed by atoms with Gasteiger partial charge in [0.1, 0.15) is 12.0 Å². The lowest BCUT2D eigenvalue weighted by Gasteiger charge is -2.06. The highest BCUT2D eigenvalue weighted by atomic mass is 79.9. The van der Waals surface area contributed by atoms with Gasteiger partial charge in [-0.2, -0.15) is 0 Å². The number of hydrogen-bond donors (Lipinski definition) is 1. The number of anilines is 1. The molecule has 0 saturated carbocycles. The van der Waals surface area contributed by atoms with Crippen LogP contribution in [0.5, 0.6) is 0 Å². The Morgan fingerprint density at radius 3 is 2.75 bits per heavy atom. The average molecular weight is 387 g/mol. The molecule has 24 heavy (non-hydrogen) atoms. The maximum Gasteiger partial charge on any atom is 0.353 e. The molecule has 2 N–H and O–H groups in total. The summed E-state index contributed by atoms with van der Waals surface area (Å²) >= 11 is 3.49. The van der Waals surface area contributed by atoms with E-state index in [1.54, 1.807) is 0 Å². The fraction of sp³-hybridized carbons (Fsp3) is 0.0667. The molecule has 4 rings (SSSR count). The van der Waals surface area contributed by atoms with Gasteiger partial charge in [0.05, 0.1) is 16.7 Å². The number of halogens is 1. The standard InChI is InChI=1S/C15H11BrN6O2/c16-11-12(9-4-2-1-3-5-9)19-14(17)22-13(11)20-21(15(22)23)6-10-7-24-8-18-10/h1-5,7-8H,6H2,(H2,17,19). The van der Waals surface area contributed by atoms with Gasteiger partial charge < -0.3 is 10.2 Å². The molecule has 0 aliphatic rings. The Balaban J connectivity index is 1.92. The molecule has 9 heteroatoms. The van der Waals surface area contributed by atoms with Crippen molar-refractivity contribution in [3.8, 4) is 11.3 Å². The fourth-order valence-corrected chi connectivity index (χ4v) is 3.01. The molecule has 0 bridgehead atoms. The Kier molecular flexibility index (Phi) is 3.42. The van der Waals surface area contributed by atoms with E-state index in [1.165, 1.54) is 21.7 Å². The van der Waals surface area contributed by atoms with Crippen molar-refractivity contribution in [3.63, 3.8) is 0 Å². The van der Waals surface area contributed by atoms with Crippen LogP contribution in [0, 0.1) is 0 Å². The molecule has 0 unspecified atom stereocenters. The van der Waals surface area contributed by atoms with E-state index in [9.17, 15) is 4.79 Å². The first-order valence-corrected chi connectivity index (χ1v) is 7.81. The number of benzene rings is 1. The maximum atomic E-state index is 12.5. The lowest BCUT2D eigenvalue weighted by atomic mass is 10.1. The van der Waals surface area contributed by atoms with Crippen molar-refractivity contribution < 1.29 is 4.42 Å². The second kappa shape index (κ2) is 5.60. The van der Waals surface area contributed by atoms with Crippen molar-refractivity contribution in [2.45, 2.75) is 6.54 Å². The topological polar surface area (TPSA) is 104 Å². The van der Waals surface area contributed by atoms with E-state index in [0.29, 0.717) is 21.5 Å². The van der Waals surface area contributed by atoms with Gasteiger partial charge in [-0.1, -0.05) is 30.3 Å². The van der Waals surface area contributed by atoms with Gasteiger partial charge in [0.15, 0.2) is 12.0 Å². The first kappa shape index (κ1) is 14.6. The smallest absolute Gasteiger partial charge is 0.353 e. The van der Waals surface area contributed by atoms with Crippen LogP contribution in [0.15, 0.2) is 56.7 Å². The lowest BCUT2D eigenvalue weighted by molar-refractivity contribution is 0.553. The van der Waals surface area contributed by atoms with Crippen molar-refractivity contribution in [2.24, 2.45) is 0 Å². The fourth-order valence-electron chi connectivity index (χ4n) is 2.44. The van der Waals surface area contributed by atoms with Crippen LogP contribution in [-0.2, 0) is 6.54 Å². The van der Waals surface area contributed by atoms with Crippen molar-refractivity contribution in [3.05, 3.63) is 63.6 Å². The van der Waals surface area contributed by atoms with Crippen molar-refractivity contribution in [1.82, 2.24) is 24.1 Å². The van der Waals surface area contributed by atoms with E-state index in [1.807, 2.05) is 30.3 Å². The molecule has 4 aromatic rings. The summed E-state index contributed by atoms with van der Waals surface area (Å²) in [5, 5.41) is 4.35. The monoisotopic (exact) mass is 386 g/mol. The molecule has 0 amide bonds. The Hall–Kier alpha value is -2.94. The number of oxazole rings is 1. The van der Waals surface area contributed by atoms with Crippen LogP contribution < -0.4 is 11.4 Å². The second-order valence-electron chi connectivity index (χ2n) is 5.08. The Morgan fingerprint density at radius 1 is 1.25 bits per heavy atom. The van der Waals surface area contributed by atoms with E-state index in [-0.39, 0.29) is 12.5 Å². The molecule has 0 atom stereocenters. The zero-order valence-electron chi connectivity index (χ0n) is 12.3. The highest BCUT2D eigenvalue weighted by Gasteiger charge is 2.18. The van der Waals surface area contributed by atoms with Gasteiger partial charge in [-0.3, -0.25) is 0 Å². The zero-order chi connectivity index (χ0) is 16.7. The SMILES string of the molecule is Nc1nc(-c2ccccc2)c(Br)c2nn(Cc3cocn3)c(=O)n12. The van der Waals surface area contributed by atoms with Crippen molar-refractivity contribution >= 4 is 27.5 Å². The van der Waals surface area contributed by atoms with Gasteiger partial charge >= 0.3 is 5.69 Å². The Bertz CT molecular complexity index is 1070. The van der Waals surface area contributed by atoms with Crippen LogP contribution in [0.2, 0.25) is 0 Å². The Morgan fingerprint density at radius 2 is 2.04 bits per heavy atom. The van der Waals surface area contributed by atoms with Gasteiger partial charge in [-0.15, -0.1) is 5.10 Å². The van der Waals surface area contributed by atoms with Gasteiger partial charge in [0.2, 0.25) is 5.95 Å². The summed E-state index contributed by atoms with van der Waals surface area (Å²) in [6.45, 7) is 0.184. The molecule has 0 spiro atoms. The van der Waals surface area contributed by atoms with Gasteiger partial charge in [0.25, 0.3) is 0 Å². The van der Waals surface area contributed by atoms with Gasteiger partial charge in [0, 0.05) is 5.56 Å². The number of nitrogens with zero attached hydrogens (tertiary/aromatic N) is 5. The average Bonchev–Trinajstić information content (AvgIpc) is 3.21. The summed E-state index contributed by atoms with van der Waals surface area (Å²) in [5.74, 6) is 0.0726. The number of nitrogens with two attached hydrogens (primary N) is 1. The van der Waals surface area contributed by atoms with Crippen molar-refractivity contribution in [1.29, 1.82) is 0 Å². The molecule has 0 radical (unpaired) electrons. The third-order valence-electron chi connectivity index (χ3n) is 3.54. The summed E-state index contributed by atoms with van der Waals surface area (Å²) in [4.78, 5) is 20.9. The van der Waals surface area contributed by atoms with Gasteiger partial charge in [-0.25, -0.2) is 23.8 Å². The molecule has 3 heterocycles. The zero-order valence-corrected chi connectivity index (χ0v) is 13.8. The third-order valence-corrected chi connectivity index (χ3v) is 4.27. The summed E-state index contributed by atoms with van der Waals surface area (Å²) < 4.78 is 8.04. The minimum absolute atomic E-state index is 0.0726. The first-order chi connectivity index (χ1) is 11.6. The molecular weight excluding hydrogens is 376 g/mol. The molecule has 0 fully saturated rings. The summed E-state index contributed by atoms with van der Waals surface area (Å²) in [5.41, 5.74) is 8.09. The van der Waals surface area contributed by atoms with Crippen LogP contribution >= 0.6 is 15.9 Å². The van der Waals surface area contributed by atoms with Crippen LogP contribution in [0.1, 0.15) is 5.69 Å². The van der Waals surface area contributed by atoms with E-state index in [2.05, 4.69) is 31.0 Å². The normalized spacial score (nSPS) is 11.2. The third kappa shape index (κ3) is 2.29.